The van der Waals surface area contributed by atoms with Gasteiger partial charge in [0.25, 0.3) is 0 Å². The molecule has 3 nitrogen and oxygen atoms in total. The molecule has 0 saturated heterocycles. The topological polar surface area (TPSA) is 45.1 Å². The van der Waals surface area contributed by atoms with Gasteiger partial charge in [-0.2, -0.15) is 0 Å². The zero-order chi connectivity index (χ0) is 10.6. The summed E-state index contributed by atoms with van der Waals surface area (Å²) in [5.41, 5.74) is 1.07. The van der Waals surface area contributed by atoms with Crippen LogP contribution in [-0.2, 0) is 0 Å². The average molecular weight is 214 g/mol. The minimum atomic E-state index is -0.253. The van der Waals surface area contributed by atoms with Gasteiger partial charge in [-0.1, -0.05) is 6.92 Å². The normalized spacial score (nSPS) is 15.4. The Morgan fingerprint density at radius 3 is 2.86 bits per heavy atom. The van der Waals surface area contributed by atoms with Crippen LogP contribution in [0.1, 0.15) is 37.0 Å². The first-order chi connectivity index (χ1) is 6.63. The van der Waals surface area contributed by atoms with Gasteiger partial charge < -0.3 is 10.4 Å². The van der Waals surface area contributed by atoms with Gasteiger partial charge >= 0.3 is 0 Å². The molecule has 1 aromatic heterocycles. The van der Waals surface area contributed by atoms with Crippen LogP contribution >= 0.6 is 11.3 Å². The van der Waals surface area contributed by atoms with Crippen molar-refractivity contribution in [1.82, 2.24) is 10.3 Å². The predicted octanol–water partition coefficient (Wildman–Crippen LogP) is 1.87. The molecule has 80 valence electrons. The molecule has 1 heterocycles. The standard InChI is InChI=1S/C10H18N2OS/c1-4-9(13)5-11-7(2)10-6-14-8(3)12-10/h6-7,9,11,13H,4-5H2,1-3H3. The molecule has 0 aromatic carbocycles. The van der Waals surface area contributed by atoms with Crippen LogP contribution in [0.3, 0.4) is 0 Å². The summed E-state index contributed by atoms with van der Waals surface area (Å²) in [5.74, 6) is 0. The lowest BCUT2D eigenvalue weighted by Gasteiger charge is -2.14. The van der Waals surface area contributed by atoms with Gasteiger partial charge in [-0.15, -0.1) is 11.3 Å². The summed E-state index contributed by atoms with van der Waals surface area (Å²) in [6, 6.07) is 0.223. The van der Waals surface area contributed by atoms with Gasteiger partial charge in [0.1, 0.15) is 0 Å². The Balaban J connectivity index is 2.39. The number of aliphatic hydroxyl groups is 1. The van der Waals surface area contributed by atoms with E-state index in [1.54, 1.807) is 11.3 Å². The number of nitrogens with one attached hydrogen (secondary N) is 1. The smallest absolute Gasteiger partial charge is 0.0898 e. The van der Waals surface area contributed by atoms with Crippen molar-refractivity contribution in [3.05, 3.63) is 16.1 Å². The molecule has 0 spiro atoms. The predicted molar refractivity (Wildman–Crippen MR) is 59.6 cm³/mol. The average Bonchev–Trinajstić information content (AvgIpc) is 2.60. The first-order valence-electron chi connectivity index (χ1n) is 4.97. The Bertz CT molecular complexity index is 275. The molecule has 0 fully saturated rings. The van der Waals surface area contributed by atoms with E-state index in [1.165, 1.54) is 0 Å². The Kier molecular flexibility index (Phi) is 4.51. The van der Waals surface area contributed by atoms with Crippen LogP contribution in [0.15, 0.2) is 5.38 Å². The number of hydrogen-bond donors (Lipinski definition) is 2. The highest BCUT2D eigenvalue weighted by Crippen LogP contribution is 2.15. The minimum Gasteiger partial charge on any atom is -0.392 e. The van der Waals surface area contributed by atoms with Crippen LogP contribution in [0.2, 0.25) is 0 Å². The number of aryl methyl sites for hydroxylation is 1. The molecule has 14 heavy (non-hydrogen) atoms. The molecule has 1 rings (SSSR count). The second-order valence-corrected chi connectivity index (χ2v) is 4.55. The Morgan fingerprint density at radius 2 is 2.36 bits per heavy atom. The van der Waals surface area contributed by atoms with E-state index < -0.39 is 0 Å². The van der Waals surface area contributed by atoms with Crippen molar-refractivity contribution in [2.45, 2.75) is 39.3 Å². The van der Waals surface area contributed by atoms with Crippen LogP contribution in [0.4, 0.5) is 0 Å². The van der Waals surface area contributed by atoms with E-state index in [0.717, 1.165) is 17.1 Å². The van der Waals surface area contributed by atoms with Gasteiger partial charge in [0.2, 0.25) is 0 Å². The molecule has 0 radical (unpaired) electrons. The molecule has 0 saturated carbocycles. The third kappa shape index (κ3) is 3.36. The Morgan fingerprint density at radius 1 is 1.64 bits per heavy atom. The fraction of sp³-hybridized carbons (Fsp3) is 0.700. The highest BCUT2D eigenvalue weighted by Gasteiger charge is 2.09. The largest absolute Gasteiger partial charge is 0.392 e. The minimum absolute atomic E-state index is 0.223. The summed E-state index contributed by atoms with van der Waals surface area (Å²) in [4.78, 5) is 4.39. The van der Waals surface area contributed by atoms with Gasteiger partial charge in [-0.25, -0.2) is 4.98 Å². The molecule has 0 aliphatic rings. The van der Waals surface area contributed by atoms with Crippen LogP contribution in [0.5, 0.6) is 0 Å². The highest BCUT2D eigenvalue weighted by atomic mass is 32.1. The molecule has 0 bridgehead atoms. The van der Waals surface area contributed by atoms with E-state index in [-0.39, 0.29) is 12.1 Å². The summed E-state index contributed by atoms with van der Waals surface area (Å²) >= 11 is 1.66. The lowest BCUT2D eigenvalue weighted by molar-refractivity contribution is 0.163. The zero-order valence-corrected chi connectivity index (χ0v) is 9.77. The SMILES string of the molecule is CCC(O)CNC(C)c1csc(C)n1. The van der Waals surface area contributed by atoms with E-state index >= 15 is 0 Å². The van der Waals surface area contributed by atoms with Crippen molar-refractivity contribution in [2.75, 3.05) is 6.54 Å². The quantitative estimate of drug-likeness (QED) is 0.786. The van der Waals surface area contributed by atoms with Gasteiger partial charge in [-0.3, -0.25) is 0 Å². The van der Waals surface area contributed by atoms with Crippen molar-refractivity contribution in [2.24, 2.45) is 0 Å². The maximum absolute atomic E-state index is 9.38. The van der Waals surface area contributed by atoms with Crippen molar-refractivity contribution in [3.63, 3.8) is 0 Å². The van der Waals surface area contributed by atoms with Gasteiger partial charge in [0.05, 0.1) is 16.8 Å². The zero-order valence-electron chi connectivity index (χ0n) is 8.95. The van der Waals surface area contributed by atoms with Crippen LogP contribution in [-0.4, -0.2) is 22.7 Å². The van der Waals surface area contributed by atoms with Crippen molar-refractivity contribution < 1.29 is 5.11 Å². The molecule has 4 heteroatoms. The van der Waals surface area contributed by atoms with E-state index in [9.17, 15) is 5.11 Å². The molecule has 1 aromatic rings. The van der Waals surface area contributed by atoms with Gasteiger partial charge in [-0.05, 0) is 20.3 Å². The number of thiazole rings is 1. The number of nitrogens with zero attached hydrogens (tertiary/aromatic N) is 1. The molecule has 2 N–H and O–H groups in total. The molecule has 2 atom stereocenters. The highest BCUT2D eigenvalue weighted by molar-refractivity contribution is 7.09. The molecule has 0 aliphatic carbocycles. The number of rotatable bonds is 5. The molecular formula is C10H18N2OS. The lowest BCUT2D eigenvalue weighted by atomic mass is 10.2. The lowest BCUT2D eigenvalue weighted by Crippen LogP contribution is -2.28. The van der Waals surface area contributed by atoms with Crippen molar-refractivity contribution in [1.29, 1.82) is 0 Å². The third-order valence-corrected chi connectivity index (χ3v) is 3.00. The first kappa shape index (κ1) is 11.6. The number of hydrogen-bond acceptors (Lipinski definition) is 4. The van der Waals surface area contributed by atoms with E-state index in [2.05, 4.69) is 22.6 Å². The fourth-order valence-corrected chi connectivity index (χ4v) is 1.85. The number of aliphatic hydroxyl groups excluding tert-OH is 1. The summed E-state index contributed by atoms with van der Waals surface area (Å²) in [5, 5.41) is 15.8. The summed E-state index contributed by atoms with van der Waals surface area (Å²) < 4.78 is 0. The van der Waals surface area contributed by atoms with Crippen LogP contribution < -0.4 is 5.32 Å². The molecule has 0 aliphatic heterocycles. The fourth-order valence-electron chi connectivity index (χ4n) is 1.14. The van der Waals surface area contributed by atoms with E-state index in [0.29, 0.717) is 6.54 Å². The monoisotopic (exact) mass is 214 g/mol. The summed E-state index contributed by atoms with van der Waals surface area (Å²) in [6.45, 7) is 6.68. The summed E-state index contributed by atoms with van der Waals surface area (Å²) in [6.07, 6.45) is 0.535. The Hall–Kier alpha value is -0.450. The van der Waals surface area contributed by atoms with Gasteiger partial charge in [0, 0.05) is 18.0 Å². The number of aromatic nitrogens is 1. The van der Waals surface area contributed by atoms with Crippen LogP contribution in [0.25, 0.3) is 0 Å². The molecule has 2 unspecified atom stereocenters. The summed E-state index contributed by atoms with van der Waals surface area (Å²) in [7, 11) is 0. The van der Waals surface area contributed by atoms with Gasteiger partial charge in [0.15, 0.2) is 0 Å². The van der Waals surface area contributed by atoms with Crippen molar-refractivity contribution in [3.8, 4) is 0 Å². The second-order valence-electron chi connectivity index (χ2n) is 3.48. The molecule has 0 amide bonds. The maximum Gasteiger partial charge on any atom is 0.0898 e. The first-order valence-corrected chi connectivity index (χ1v) is 5.85. The maximum atomic E-state index is 9.38. The Labute approximate surface area is 89.2 Å². The third-order valence-electron chi connectivity index (χ3n) is 2.21. The van der Waals surface area contributed by atoms with E-state index in [1.807, 2.05) is 13.8 Å². The second kappa shape index (κ2) is 5.44. The van der Waals surface area contributed by atoms with Crippen LogP contribution in [0, 0.1) is 6.92 Å². The van der Waals surface area contributed by atoms with E-state index in [4.69, 9.17) is 0 Å². The van der Waals surface area contributed by atoms with Crippen molar-refractivity contribution >= 4 is 11.3 Å². The molecular weight excluding hydrogens is 196 g/mol.